The maximum atomic E-state index is 13.4. The topological polar surface area (TPSA) is 12.0 Å². The average Bonchev–Trinajstić information content (AvgIpc) is 2.12. The highest BCUT2D eigenvalue weighted by molar-refractivity contribution is 8.00. The zero-order valence-electron chi connectivity index (χ0n) is 8.16. The summed E-state index contributed by atoms with van der Waals surface area (Å²) in [5, 5.41) is 3.41. The van der Waals surface area contributed by atoms with Gasteiger partial charge in [-0.2, -0.15) is 11.8 Å². The number of rotatable bonds is 3. The van der Waals surface area contributed by atoms with E-state index in [0.717, 1.165) is 17.1 Å². The van der Waals surface area contributed by atoms with E-state index in [1.807, 2.05) is 30.8 Å². The van der Waals surface area contributed by atoms with Gasteiger partial charge < -0.3 is 5.32 Å². The zero-order chi connectivity index (χ0) is 9.97. The smallest absolute Gasteiger partial charge is 0.127 e. The molecule has 2 rings (SSSR count). The van der Waals surface area contributed by atoms with Crippen LogP contribution in [0.2, 0.25) is 0 Å². The van der Waals surface area contributed by atoms with E-state index in [1.54, 1.807) is 6.07 Å². The average molecular weight is 211 g/mol. The lowest BCUT2D eigenvalue weighted by molar-refractivity contribution is 0.481. The Bertz CT molecular complexity index is 312. The molecular formula is C11H14FNS. The van der Waals surface area contributed by atoms with Crippen molar-refractivity contribution in [2.24, 2.45) is 0 Å². The van der Waals surface area contributed by atoms with Crippen LogP contribution in [0.4, 0.5) is 4.39 Å². The van der Waals surface area contributed by atoms with Crippen molar-refractivity contribution in [1.82, 2.24) is 5.32 Å². The highest BCUT2D eigenvalue weighted by Crippen LogP contribution is 2.22. The largest absolute Gasteiger partial charge is 0.306 e. The predicted molar refractivity (Wildman–Crippen MR) is 59.1 cm³/mol. The second-order valence-corrected chi connectivity index (χ2v) is 4.72. The molecule has 1 aliphatic rings. The lowest BCUT2D eigenvalue weighted by atomic mass is 10.1. The van der Waals surface area contributed by atoms with Crippen LogP contribution >= 0.6 is 11.8 Å². The fourth-order valence-corrected chi connectivity index (χ4v) is 2.27. The summed E-state index contributed by atoms with van der Waals surface area (Å²) in [6.45, 7) is 2.02. The van der Waals surface area contributed by atoms with Gasteiger partial charge in [0.05, 0.1) is 0 Å². The Kier molecular flexibility index (Phi) is 3.08. The van der Waals surface area contributed by atoms with E-state index in [-0.39, 0.29) is 11.9 Å². The maximum absolute atomic E-state index is 13.4. The molecule has 0 saturated carbocycles. The Morgan fingerprint density at radius 1 is 1.43 bits per heavy atom. The maximum Gasteiger partial charge on any atom is 0.127 e. The lowest BCUT2D eigenvalue weighted by Gasteiger charge is -2.29. The Labute approximate surface area is 88.1 Å². The van der Waals surface area contributed by atoms with Crippen molar-refractivity contribution in [3.63, 3.8) is 0 Å². The second-order valence-electron chi connectivity index (χ2n) is 3.64. The highest BCUT2D eigenvalue weighted by Gasteiger charge is 2.21. The van der Waals surface area contributed by atoms with Crippen molar-refractivity contribution in [3.8, 4) is 0 Å². The summed E-state index contributed by atoms with van der Waals surface area (Å²) in [4.78, 5) is 0. The molecule has 1 N–H and O–H groups in total. The van der Waals surface area contributed by atoms with E-state index in [1.165, 1.54) is 6.07 Å². The Morgan fingerprint density at radius 3 is 2.71 bits per heavy atom. The van der Waals surface area contributed by atoms with Crippen LogP contribution in [-0.2, 0) is 0 Å². The quantitative estimate of drug-likeness (QED) is 0.824. The van der Waals surface area contributed by atoms with Gasteiger partial charge in [-0.3, -0.25) is 0 Å². The first-order chi connectivity index (χ1) is 6.77. The molecule has 1 aliphatic heterocycles. The van der Waals surface area contributed by atoms with E-state index < -0.39 is 0 Å². The molecule has 0 amide bonds. The Balaban J connectivity index is 2.02. The Morgan fingerprint density at radius 2 is 2.14 bits per heavy atom. The van der Waals surface area contributed by atoms with E-state index in [4.69, 9.17) is 0 Å². The van der Waals surface area contributed by atoms with Crippen LogP contribution in [0, 0.1) is 5.82 Å². The van der Waals surface area contributed by atoms with Gasteiger partial charge in [0.25, 0.3) is 0 Å². The number of hydrogen-bond acceptors (Lipinski definition) is 2. The summed E-state index contributed by atoms with van der Waals surface area (Å²) in [6, 6.07) is 7.65. The molecule has 1 atom stereocenters. The monoisotopic (exact) mass is 211 g/mol. The molecule has 1 fully saturated rings. The third-order valence-electron chi connectivity index (χ3n) is 2.50. The molecule has 1 heterocycles. The fourth-order valence-electron chi connectivity index (χ4n) is 1.60. The van der Waals surface area contributed by atoms with E-state index >= 15 is 0 Å². The molecule has 1 aromatic rings. The van der Waals surface area contributed by atoms with Crippen molar-refractivity contribution in [2.75, 3.05) is 11.5 Å². The summed E-state index contributed by atoms with van der Waals surface area (Å²) >= 11 is 1.93. The van der Waals surface area contributed by atoms with Crippen LogP contribution in [0.15, 0.2) is 24.3 Å². The molecule has 1 saturated heterocycles. The van der Waals surface area contributed by atoms with Crippen molar-refractivity contribution >= 4 is 11.8 Å². The molecule has 0 radical (unpaired) electrons. The van der Waals surface area contributed by atoms with Gasteiger partial charge in [-0.15, -0.1) is 0 Å². The highest BCUT2D eigenvalue weighted by atomic mass is 32.2. The standard InChI is InChI=1S/C11H14FNS/c1-8(13-9-6-14-7-9)10-4-2-3-5-11(10)12/h2-5,8-9,13H,6-7H2,1H3. The Hall–Kier alpha value is -0.540. The summed E-state index contributed by atoms with van der Waals surface area (Å²) in [7, 11) is 0. The summed E-state index contributed by atoms with van der Waals surface area (Å²) < 4.78 is 13.4. The normalized spacial score (nSPS) is 19.0. The molecule has 0 bridgehead atoms. The van der Waals surface area contributed by atoms with Gasteiger partial charge in [-0.05, 0) is 13.0 Å². The van der Waals surface area contributed by atoms with Crippen LogP contribution in [0.25, 0.3) is 0 Å². The molecular weight excluding hydrogens is 197 g/mol. The van der Waals surface area contributed by atoms with E-state index in [2.05, 4.69) is 5.32 Å². The fraction of sp³-hybridized carbons (Fsp3) is 0.455. The van der Waals surface area contributed by atoms with Crippen LogP contribution in [0.1, 0.15) is 18.5 Å². The minimum absolute atomic E-state index is 0.112. The van der Waals surface area contributed by atoms with Crippen LogP contribution in [-0.4, -0.2) is 17.5 Å². The van der Waals surface area contributed by atoms with Gasteiger partial charge in [-0.25, -0.2) is 4.39 Å². The summed E-state index contributed by atoms with van der Waals surface area (Å²) in [5.74, 6) is 2.19. The van der Waals surface area contributed by atoms with Gasteiger partial charge in [0.1, 0.15) is 5.82 Å². The van der Waals surface area contributed by atoms with Crippen LogP contribution in [0.3, 0.4) is 0 Å². The van der Waals surface area contributed by atoms with Crippen molar-refractivity contribution in [1.29, 1.82) is 0 Å². The van der Waals surface area contributed by atoms with Gasteiger partial charge >= 0.3 is 0 Å². The van der Waals surface area contributed by atoms with Crippen molar-refractivity contribution < 1.29 is 4.39 Å². The van der Waals surface area contributed by atoms with Gasteiger partial charge in [0, 0.05) is 29.2 Å². The second kappa shape index (κ2) is 4.32. The van der Waals surface area contributed by atoms with E-state index in [0.29, 0.717) is 6.04 Å². The predicted octanol–water partition coefficient (Wildman–Crippen LogP) is 2.59. The molecule has 3 heteroatoms. The SMILES string of the molecule is CC(NC1CSC1)c1ccccc1F. The number of thioether (sulfide) groups is 1. The first-order valence-corrected chi connectivity index (χ1v) is 6.01. The van der Waals surface area contributed by atoms with E-state index in [9.17, 15) is 4.39 Å². The summed E-state index contributed by atoms with van der Waals surface area (Å²) in [5.41, 5.74) is 0.768. The zero-order valence-corrected chi connectivity index (χ0v) is 8.98. The lowest BCUT2D eigenvalue weighted by Crippen LogP contribution is -2.41. The third kappa shape index (κ3) is 2.10. The molecule has 1 aromatic carbocycles. The molecule has 0 aliphatic carbocycles. The van der Waals surface area contributed by atoms with Gasteiger partial charge in [-0.1, -0.05) is 18.2 Å². The van der Waals surface area contributed by atoms with Gasteiger partial charge in [0.2, 0.25) is 0 Å². The number of hydrogen-bond donors (Lipinski definition) is 1. The first-order valence-electron chi connectivity index (χ1n) is 4.85. The molecule has 14 heavy (non-hydrogen) atoms. The number of halogens is 1. The third-order valence-corrected chi connectivity index (χ3v) is 3.77. The number of benzene rings is 1. The van der Waals surface area contributed by atoms with Crippen LogP contribution < -0.4 is 5.32 Å². The first kappa shape index (κ1) is 9.99. The van der Waals surface area contributed by atoms with Crippen molar-refractivity contribution in [2.45, 2.75) is 19.0 Å². The molecule has 0 aromatic heterocycles. The minimum Gasteiger partial charge on any atom is -0.306 e. The molecule has 0 spiro atoms. The summed E-state index contributed by atoms with van der Waals surface area (Å²) in [6.07, 6.45) is 0. The van der Waals surface area contributed by atoms with Gasteiger partial charge in [0.15, 0.2) is 0 Å². The van der Waals surface area contributed by atoms with Crippen LogP contribution in [0.5, 0.6) is 0 Å². The number of nitrogens with one attached hydrogen (secondary N) is 1. The molecule has 76 valence electrons. The molecule has 1 nitrogen and oxygen atoms in total. The minimum atomic E-state index is -0.112. The molecule has 1 unspecified atom stereocenters. The van der Waals surface area contributed by atoms with Crippen molar-refractivity contribution in [3.05, 3.63) is 35.6 Å².